The first-order valence-corrected chi connectivity index (χ1v) is 9.05. The lowest BCUT2D eigenvalue weighted by Crippen LogP contribution is -2.19. The zero-order chi connectivity index (χ0) is 16.8. The third-order valence-electron chi connectivity index (χ3n) is 3.69. The van der Waals surface area contributed by atoms with Crippen molar-refractivity contribution in [3.05, 3.63) is 59.7 Å². The van der Waals surface area contributed by atoms with Crippen molar-refractivity contribution in [3.8, 4) is 0 Å². The Morgan fingerprint density at radius 1 is 1.09 bits per heavy atom. The fourth-order valence-corrected chi connectivity index (χ4v) is 2.79. The van der Waals surface area contributed by atoms with E-state index in [9.17, 15) is 9.00 Å². The quantitative estimate of drug-likeness (QED) is 0.856. The van der Waals surface area contributed by atoms with Gasteiger partial charge in [-0.3, -0.25) is 9.00 Å². The average Bonchev–Trinajstić information content (AvgIpc) is 2.56. The molecule has 2 N–H and O–H groups in total. The van der Waals surface area contributed by atoms with Gasteiger partial charge in [0, 0.05) is 40.7 Å². The van der Waals surface area contributed by atoms with Gasteiger partial charge in [-0.2, -0.15) is 0 Å². The molecule has 0 radical (unpaired) electrons. The number of benzene rings is 2. The van der Waals surface area contributed by atoms with Crippen LogP contribution in [0.5, 0.6) is 0 Å². The summed E-state index contributed by atoms with van der Waals surface area (Å²) in [6.45, 7) is 2.08. The van der Waals surface area contributed by atoms with Gasteiger partial charge in [0.05, 0.1) is 6.42 Å². The van der Waals surface area contributed by atoms with Crippen molar-refractivity contribution in [2.75, 3.05) is 18.6 Å². The number of carbonyl (C=O) groups excluding carboxylic acids is 1. The van der Waals surface area contributed by atoms with Crippen LogP contribution in [0.2, 0.25) is 0 Å². The van der Waals surface area contributed by atoms with Crippen molar-refractivity contribution in [1.82, 2.24) is 5.32 Å². The van der Waals surface area contributed by atoms with Crippen LogP contribution in [0.15, 0.2) is 53.4 Å². The fraction of sp³-hybridized carbons (Fsp3) is 0.278. The molecule has 122 valence electrons. The Morgan fingerprint density at radius 2 is 1.70 bits per heavy atom. The Morgan fingerprint density at radius 3 is 2.22 bits per heavy atom. The molecule has 0 unspecified atom stereocenters. The zero-order valence-corrected chi connectivity index (χ0v) is 14.4. The second-order valence-electron chi connectivity index (χ2n) is 5.44. The highest BCUT2D eigenvalue weighted by molar-refractivity contribution is 7.84. The topological polar surface area (TPSA) is 58.2 Å². The number of anilines is 1. The largest absolute Gasteiger partial charge is 0.379 e. The molecule has 0 fully saturated rings. The van der Waals surface area contributed by atoms with Gasteiger partial charge >= 0.3 is 0 Å². The third kappa shape index (κ3) is 4.93. The molecule has 4 nitrogen and oxygen atoms in total. The van der Waals surface area contributed by atoms with Gasteiger partial charge in [0.15, 0.2) is 0 Å². The molecular weight excluding hydrogens is 308 g/mol. The van der Waals surface area contributed by atoms with E-state index in [-0.39, 0.29) is 11.9 Å². The molecule has 0 aliphatic rings. The van der Waals surface area contributed by atoms with Gasteiger partial charge < -0.3 is 10.6 Å². The second kappa shape index (κ2) is 7.92. The normalized spacial score (nSPS) is 13.2. The van der Waals surface area contributed by atoms with E-state index >= 15 is 0 Å². The number of amides is 1. The molecule has 1 amide bonds. The summed E-state index contributed by atoms with van der Waals surface area (Å²) in [5, 5.41) is 6.04. The maximum atomic E-state index is 11.4. The standard InChI is InChI=1S/C18H22N2O2S/c1-13(15-6-10-17(11-7-15)23(3)22)20-16-8-4-14(5-9-16)12-18(21)19-2/h4-11,13,20H,12H2,1-3H3,(H,19,21)/t13-,23+/m1/s1. The van der Waals surface area contributed by atoms with Crippen LogP contribution in [0, 0.1) is 0 Å². The van der Waals surface area contributed by atoms with Gasteiger partial charge in [-0.1, -0.05) is 24.3 Å². The second-order valence-corrected chi connectivity index (χ2v) is 6.82. The maximum absolute atomic E-state index is 11.4. The molecule has 0 aromatic heterocycles. The van der Waals surface area contributed by atoms with Crippen molar-refractivity contribution in [2.45, 2.75) is 24.3 Å². The third-order valence-corrected chi connectivity index (χ3v) is 4.63. The van der Waals surface area contributed by atoms with Crippen LogP contribution < -0.4 is 10.6 Å². The molecule has 23 heavy (non-hydrogen) atoms. The first kappa shape index (κ1) is 17.2. The Kier molecular flexibility index (Phi) is 5.93. The molecule has 0 bridgehead atoms. The monoisotopic (exact) mass is 330 g/mol. The predicted octanol–water partition coefficient (Wildman–Crippen LogP) is 2.89. The highest BCUT2D eigenvalue weighted by Crippen LogP contribution is 2.20. The molecule has 0 heterocycles. The van der Waals surface area contributed by atoms with Gasteiger partial charge in [0.25, 0.3) is 0 Å². The lowest BCUT2D eigenvalue weighted by molar-refractivity contribution is -0.119. The van der Waals surface area contributed by atoms with Crippen molar-refractivity contribution in [1.29, 1.82) is 0 Å². The fourth-order valence-electron chi connectivity index (χ4n) is 2.27. The molecule has 2 rings (SSSR count). The summed E-state index contributed by atoms with van der Waals surface area (Å²) in [5.74, 6) is 0.00692. The molecule has 0 spiro atoms. The van der Waals surface area contributed by atoms with E-state index in [1.807, 2.05) is 48.5 Å². The summed E-state index contributed by atoms with van der Waals surface area (Å²) in [5.41, 5.74) is 3.12. The Bertz CT molecular complexity index is 681. The molecule has 5 heteroatoms. The van der Waals surface area contributed by atoms with Crippen LogP contribution in [0.3, 0.4) is 0 Å². The van der Waals surface area contributed by atoms with Crippen LogP contribution in [0.1, 0.15) is 24.1 Å². The number of rotatable bonds is 6. The van der Waals surface area contributed by atoms with Crippen molar-refractivity contribution >= 4 is 22.4 Å². The molecule has 0 saturated carbocycles. The smallest absolute Gasteiger partial charge is 0.224 e. The summed E-state index contributed by atoms with van der Waals surface area (Å²) < 4.78 is 11.4. The van der Waals surface area contributed by atoms with Crippen molar-refractivity contribution in [2.24, 2.45) is 0 Å². The van der Waals surface area contributed by atoms with E-state index in [0.29, 0.717) is 6.42 Å². The van der Waals surface area contributed by atoms with Crippen LogP contribution in [-0.2, 0) is 22.0 Å². The molecule has 0 aliphatic carbocycles. The zero-order valence-electron chi connectivity index (χ0n) is 13.6. The minimum atomic E-state index is -0.950. The average molecular weight is 330 g/mol. The first-order valence-electron chi connectivity index (χ1n) is 7.49. The minimum Gasteiger partial charge on any atom is -0.379 e. The lowest BCUT2D eigenvalue weighted by Gasteiger charge is -2.16. The van der Waals surface area contributed by atoms with E-state index < -0.39 is 10.8 Å². The van der Waals surface area contributed by atoms with Crippen LogP contribution >= 0.6 is 0 Å². The Hall–Kier alpha value is -2.14. The lowest BCUT2D eigenvalue weighted by atomic mass is 10.1. The Balaban J connectivity index is 2.00. The molecule has 2 aromatic rings. The minimum absolute atomic E-state index is 0.00692. The van der Waals surface area contributed by atoms with E-state index in [1.54, 1.807) is 13.3 Å². The van der Waals surface area contributed by atoms with E-state index in [0.717, 1.165) is 21.7 Å². The van der Waals surface area contributed by atoms with Gasteiger partial charge in [0.2, 0.25) is 5.91 Å². The first-order chi connectivity index (χ1) is 11.0. The van der Waals surface area contributed by atoms with Crippen molar-refractivity contribution in [3.63, 3.8) is 0 Å². The number of carbonyl (C=O) groups is 1. The van der Waals surface area contributed by atoms with Crippen LogP contribution in [-0.4, -0.2) is 23.4 Å². The summed E-state index contributed by atoms with van der Waals surface area (Å²) in [6.07, 6.45) is 2.07. The predicted molar refractivity (Wildman–Crippen MR) is 95.0 cm³/mol. The van der Waals surface area contributed by atoms with E-state index in [2.05, 4.69) is 17.6 Å². The summed E-state index contributed by atoms with van der Waals surface area (Å²) in [6, 6.07) is 15.8. The molecular formula is C18H22N2O2S. The number of likely N-dealkylation sites (N-methyl/N-ethyl adjacent to an activating group) is 1. The van der Waals surface area contributed by atoms with Crippen molar-refractivity contribution < 1.29 is 9.00 Å². The van der Waals surface area contributed by atoms with E-state index in [1.165, 1.54) is 0 Å². The van der Waals surface area contributed by atoms with Gasteiger partial charge in [-0.25, -0.2) is 0 Å². The highest BCUT2D eigenvalue weighted by atomic mass is 32.2. The maximum Gasteiger partial charge on any atom is 0.224 e. The van der Waals surface area contributed by atoms with Crippen LogP contribution in [0.4, 0.5) is 5.69 Å². The highest BCUT2D eigenvalue weighted by Gasteiger charge is 2.07. The molecule has 2 atom stereocenters. The van der Waals surface area contributed by atoms with Gasteiger partial charge in [-0.15, -0.1) is 0 Å². The molecule has 0 aliphatic heterocycles. The van der Waals surface area contributed by atoms with Gasteiger partial charge in [-0.05, 0) is 42.3 Å². The SMILES string of the molecule is CNC(=O)Cc1ccc(N[C@H](C)c2ccc([S@](C)=O)cc2)cc1. The summed E-state index contributed by atoms with van der Waals surface area (Å²) >= 11 is 0. The van der Waals surface area contributed by atoms with Gasteiger partial charge in [0.1, 0.15) is 0 Å². The number of hydrogen-bond acceptors (Lipinski definition) is 3. The molecule has 2 aromatic carbocycles. The Labute approximate surface area is 139 Å². The van der Waals surface area contributed by atoms with E-state index in [4.69, 9.17) is 0 Å². The summed E-state index contributed by atoms with van der Waals surface area (Å²) in [4.78, 5) is 12.2. The van der Waals surface area contributed by atoms with Crippen LogP contribution in [0.25, 0.3) is 0 Å². The number of nitrogens with one attached hydrogen (secondary N) is 2. The number of hydrogen-bond donors (Lipinski definition) is 2. The molecule has 0 saturated heterocycles. The summed E-state index contributed by atoms with van der Waals surface area (Å²) in [7, 11) is 0.688.